The number of hydrogen-bond donors (Lipinski definition) is 0. The fraction of sp³-hybridized carbons (Fsp3) is 0.600. The molecule has 0 N–H and O–H groups in total. The van der Waals surface area contributed by atoms with Crippen LogP contribution in [0.4, 0.5) is 5.82 Å². The van der Waals surface area contributed by atoms with E-state index in [-0.39, 0.29) is 5.92 Å². The zero-order chi connectivity index (χ0) is 14.8. The van der Waals surface area contributed by atoms with Gasteiger partial charge < -0.3 is 9.80 Å². The minimum absolute atomic E-state index is 0.283. The van der Waals surface area contributed by atoms with Crippen molar-refractivity contribution in [1.29, 1.82) is 0 Å². The molecule has 1 aromatic heterocycles. The summed E-state index contributed by atoms with van der Waals surface area (Å²) in [5.74, 6) is 1.45. The van der Waals surface area contributed by atoms with Crippen molar-refractivity contribution < 1.29 is 4.79 Å². The van der Waals surface area contributed by atoms with Crippen LogP contribution in [0.1, 0.15) is 25.7 Å². The van der Waals surface area contributed by atoms with Gasteiger partial charge in [0, 0.05) is 42.8 Å². The monoisotopic (exact) mass is 371 g/mol. The van der Waals surface area contributed by atoms with E-state index in [1.165, 1.54) is 6.42 Å². The molecular formula is C15H19BrClN3O. The van der Waals surface area contributed by atoms with E-state index in [2.05, 4.69) is 25.8 Å². The summed E-state index contributed by atoms with van der Waals surface area (Å²) in [7, 11) is 0. The van der Waals surface area contributed by atoms with Gasteiger partial charge in [-0.05, 0) is 41.3 Å². The van der Waals surface area contributed by atoms with Gasteiger partial charge in [0.05, 0.1) is 5.02 Å². The molecule has 0 aromatic carbocycles. The Morgan fingerprint density at radius 1 is 1.24 bits per heavy atom. The molecule has 1 aliphatic heterocycles. The molecule has 2 heterocycles. The largest absolute Gasteiger partial charge is 0.354 e. The van der Waals surface area contributed by atoms with Crippen molar-refractivity contribution in [3.8, 4) is 0 Å². The fourth-order valence-corrected chi connectivity index (χ4v) is 3.65. The highest BCUT2D eigenvalue weighted by molar-refractivity contribution is 9.10. The molecule has 3 rings (SSSR count). The average molecular weight is 373 g/mol. The fourth-order valence-electron chi connectivity index (χ4n) is 2.90. The standard InChI is InChI=1S/C15H19BrClN3O/c16-12-9-13(17)14(18-10-12)19-5-2-6-20(8-7-19)15(21)11-3-1-4-11/h9-11H,1-8H2. The van der Waals surface area contributed by atoms with E-state index in [1.807, 2.05) is 11.0 Å². The first-order valence-corrected chi connectivity index (χ1v) is 8.67. The Bertz CT molecular complexity index is 536. The van der Waals surface area contributed by atoms with Crippen LogP contribution >= 0.6 is 27.5 Å². The third-order valence-corrected chi connectivity index (χ3v) is 5.06. The third-order valence-electron chi connectivity index (χ3n) is 4.35. The smallest absolute Gasteiger partial charge is 0.225 e. The van der Waals surface area contributed by atoms with Gasteiger partial charge in [-0.15, -0.1) is 0 Å². The van der Waals surface area contributed by atoms with Gasteiger partial charge in [0.25, 0.3) is 0 Å². The normalized spacial score (nSPS) is 20.1. The predicted octanol–water partition coefficient (Wildman–Crippen LogP) is 3.34. The second kappa shape index (κ2) is 6.53. The number of halogens is 2. The van der Waals surface area contributed by atoms with Crippen LogP contribution in [0.5, 0.6) is 0 Å². The Morgan fingerprint density at radius 2 is 2.05 bits per heavy atom. The molecule has 1 saturated heterocycles. The number of nitrogens with zero attached hydrogens (tertiary/aromatic N) is 3. The molecular weight excluding hydrogens is 354 g/mol. The van der Waals surface area contributed by atoms with Crippen molar-refractivity contribution in [1.82, 2.24) is 9.88 Å². The Labute approximate surface area is 138 Å². The first-order chi connectivity index (χ1) is 10.1. The molecule has 1 amide bonds. The summed E-state index contributed by atoms with van der Waals surface area (Å²) in [5.41, 5.74) is 0. The van der Waals surface area contributed by atoms with Crippen LogP contribution in [-0.4, -0.2) is 42.0 Å². The van der Waals surface area contributed by atoms with Gasteiger partial charge in [-0.2, -0.15) is 0 Å². The Hall–Kier alpha value is -0.810. The van der Waals surface area contributed by atoms with Crippen molar-refractivity contribution in [2.75, 3.05) is 31.1 Å². The minimum Gasteiger partial charge on any atom is -0.354 e. The summed E-state index contributed by atoms with van der Waals surface area (Å²) in [5, 5.41) is 0.656. The molecule has 4 nitrogen and oxygen atoms in total. The van der Waals surface area contributed by atoms with Gasteiger partial charge in [-0.1, -0.05) is 18.0 Å². The highest BCUT2D eigenvalue weighted by atomic mass is 79.9. The van der Waals surface area contributed by atoms with Gasteiger partial charge in [-0.25, -0.2) is 4.98 Å². The first kappa shape index (κ1) is 15.1. The lowest BCUT2D eigenvalue weighted by Crippen LogP contribution is -2.41. The van der Waals surface area contributed by atoms with E-state index < -0.39 is 0 Å². The summed E-state index contributed by atoms with van der Waals surface area (Å²) in [4.78, 5) is 21.0. The molecule has 1 saturated carbocycles. The van der Waals surface area contributed by atoms with Gasteiger partial charge >= 0.3 is 0 Å². The maximum atomic E-state index is 12.3. The highest BCUT2D eigenvalue weighted by Gasteiger charge is 2.30. The molecule has 114 valence electrons. The first-order valence-electron chi connectivity index (χ1n) is 7.50. The highest BCUT2D eigenvalue weighted by Crippen LogP contribution is 2.30. The summed E-state index contributed by atoms with van der Waals surface area (Å²) in [6.45, 7) is 3.30. The van der Waals surface area contributed by atoms with E-state index in [9.17, 15) is 4.79 Å². The van der Waals surface area contributed by atoms with E-state index in [0.29, 0.717) is 10.9 Å². The summed E-state index contributed by atoms with van der Waals surface area (Å²) in [6.07, 6.45) is 6.07. The van der Waals surface area contributed by atoms with Crippen molar-refractivity contribution in [2.24, 2.45) is 5.92 Å². The molecule has 1 aliphatic carbocycles. The lowest BCUT2D eigenvalue weighted by molar-refractivity contribution is -0.137. The van der Waals surface area contributed by atoms with Crippen molar-refractivity contribution in [3.05, 3.63) is 21.8 Å². The zero-order valence-electron chi connectivity index (χ0n) is 11.9. The molecule has 21 heavy (non-hydrogen) atoms. The molecule has 2 fully saturated rings. The van der Waals surface area contributed by atoms with Crippen LogP contribution in [-0.2, 0) is 4.79 Å². The van der Waals surface area contributed by atoms with E-state index >= 15 is 0 Å². The van der Waals surface area contributed by atoms with Crippen LogP contribution in [0.15, 0.2) is 16.7 Å². The van der Waals surface area contributed by atoms with E-state index in [1.54, 1.807) is 6.20 Å². The molecule has 0 spiro atoms. The number of anilines is 1. The number of carbonyl (C=O) groups is 1. The van der Waals surface area contributed by atoms with Crippen LogP contribution < -0.4 is 4.90 Å². The molecule has 2 aliphatic rings. The van der Waals surface area contributed by atoms with Crippen LogP contribution in [0, 0.1) is 5.92 Å². The summed E-state index contributed by atoms with van der Waals surface area (Å²) >= 11 is 9.66. The van der Waals surface area contributed by atoms with Crippen LogP contribution in [0.2, 0.25) is 5.02 Å². The quantitative estimate of drug-likeness (QED) is 0.799. The van der Waals surface area contributed by atoms with Crippen molar-refractivity contribution >= 4 is 39.3 Å². The lowest BCUT2D eigenvalue weighted by Gasteiger charge is -2.31. The van der Waals surface area contributed by atoms with Crippen molar-refractivity contribution in [3.63, 3.8) is 0 Å². The average Bonchev–Trinajstić information content (AvgIpc) is 2.62. The Kier molecular flexibility index (Phi) is 4.69. The van der Waals surface area contributed by atoms with Gasteiger partial charge in [0.2, 0.25) is 5.91 Å². The third kappa shape index (κ3) is 3.34. The van der Waals surface area contributed by atoms with Gasteiger partial charge in [-0.3, -0.25) is 4.79 Å². The summed E-state index contributed by atoms with van der Waals surface area (Å²) in [6, 6.07) is 1.87. The molecule has 0 unspecified atom stereocenters. The second-order valence-electron chi connectivity index (χ2n) is 5.75. The summed E-state index contributed by atoms with van der Waals surface area (Å²) < 4.78 is 0.882. The maximum Gasteiger partial charge on any atom is 0.225 e. The predicted molar refractivity (Wildman–Crippen MR) is 87.7 cm³/mol. The number of amides is 1. The topological polar surface area (TPSA) is 36.4 Å². The number of aromatic nitrogens is 1. The Balaban J connectivity index is 1.66. The van der Waals surface area contributed by atoms with Crippen LogP contribution in [0.25, 0.3) is 0 Å². The van der Waals surface area contributed by atoms with Gasteiger partial charge in [0.15, 0.2) is 0 Å². The number of pyridine rings is 1. The number of carbonyl (C=O) groups excluding carboxylic acids is 1. The Morgan fingerprint density at radius 3 is 2.71 bits per heavy atom. The van der Waals surface area contributed by atoms with Gasteiger partial charge in [0.1, 0.15) is 5.82 Å². The second-order valence-corrected chi connectivity index (χ2v) is 7.08. The number of rotatable bonds is 2. The number of hydrogen-bond acceptors (Lipinski definition) is 3. The molecule has 1 aromatic rings. The van der Waals surface area contributed by atoms with Crippen molar-refractivity contribution in [2.45, 2.75) is 25.7 Å². The lowest BCUT2D eigenvalue weighted by atomic mass is 9.84. The maximum absolute atomic E-state index is 12.3. The molecule has 0 bridgehead atoms. The minimum atomic E-state index is 0.283. The SMILES string of the molecule is O=C(C1CCC1)N1CCCN(c2ncc(Br)cc2Cl)CC1. The molecule has 0 atom stereocenters. The molecule has 6 heteroatoms. The van der Waals surface area contributed by atoms with Crippen LogP contribution in [0.3, 0.4) is 0 Å². The van der Waals surface area contributed by atoms with E-state index in [0.717, 1.165) is 55.7 Å². The molecule has 0 radical (unpaired) electrons. The zero-order valence-corrected chi connectivity index (χ0v) is 14.2. The van der Waals surface area contributed by atoms with E-state index in [4.69, 9.17) is 11.6 Å².